The molecule has 0 aliphatic heterocycles. The van der Waals surface area contributed by atoms with E-state index in [9.17, 15) is 9.59 Å². The van der Waals surface area contributed by atoms with Crippen LogP contribution in [0.3, 0.4) is 0 Å². The third-order valence-corrected chi connectivity index (χ3v) is 4.42. The van der Waals surface area contributed by atoms with Crippen LogP contribution >= 0.6 is 22.6 Å². The van der Waals surface area contributed by atoms with E-state index in [1.807, 2.05) is 57.2 Å². The summed E-state index contributed by atoms with van der Waals surface area (Å²) in [5, 5.41) is 0. The van der Waals surface area contributed by atoms with Crippen LogP contribution in [-0.2, 0) is 19.1 Å². The molecule has 0 aromatic heterocycles. The molecule has 0 aromatic carbocycles. The Bertz CT molecular complexity index is 323. The van der Waals surface area contributed by atoms with Gasteiger partial charge in [0, 0.05) is 0 Å². The molecule has 0 saturated carbocycles. The minimum absolute atomic E-state index is 0.303. The zero-order chi connectivity index (χ0) is 16.5. The molecule has 0 aliphatic carbocycles. The fourth-order valence-corrected chi connectivity index (χ4v) is 3.40. The monoisotopic (exact) mass is 412 g/mol. The highest BCUT2D eigenvalue weighted by Gasteiger charge is 2.42. The third-order valence-electron chi connectivity index (χ3n) is 3.19. The van der Waals surface area contributed by atoms with Crippen LogP contribution in [0.5, 0.6) is 0 Å². The normalized spacial score (nSPS) is 14.4. The van der Waals surface area contributed by atoms with E-state index in [0.29, 0.717) is 13.2 Å². The number of alkyl halides is 1. The van der Waals surface area contributed by atoms with Crippen molar-refractivity contribution in [1.82, 2.24) is 0 Å². The number of hydrogen-bond donors (Lipinski definition) is 0. The van der Waals surface area contributed by atoms with Crippen molar-refractivity contribution in [2.24, 2.45) is 11.3 Å². The first-order valence-electron chi connectivity index (χ1n) is 7.73. The molecule has 0 heterocycles. The highest BCUT2D eigenvalue weighted by atomic mass is 127. The first kappa shape index (κ1) is 20.7. The van der Waals surface area contributed by atoms with E-state index in [1.54, 1.807) is 0 Å². The Kier molecular flexibility index (Phi) is 10.2. The van der Waals surface area contributed by atoms with Gasteiger partial charge in [-0.15, -0.1) is 0 Å². The van der Waals surface area contributed by atoms with Gasteiger partial charge in [0.15, 0.2) is 0 Å². The number of carbonyl (C=O) groups excluding carboxylic acids is 2. The lowest BCUT2D eigenvalue weighted by Gasteiger charge is -2.31. The van der Waals surface area contributed by atoms with Gasteiger partial charge in [-0.2, -0.15) is 0 Å². The Morgan fingerprint density at radius 3 is 1.76 bits per heavy atom. The van der Waals surface area contributed by atoms with Crippen molar-refractivity contribution in [3.63, 3.8) is 0 Å². The van der Waals surface area contributed by atoms with Crippen LogP contribution in [0.15, 0.2) is 0 Å². The van der Waals surface area contributed by atoms with E-state index in [-0.39, 0.29) is 17.4 Å². The Hall–Kier alpha value is -0.330. The molecule has 4 nitrogen and oxygen atoms in total. The van der Waals surface area contributed by atoms with Crippen molar-refractivity contribution in [3.05, 3.63) is 0 Å². The van der Waals surface area contributed by atoms with Crippen molar-refractivity contribution >= 4 is 34.5 Å². The molecule has 0 saturated heterocycles. The van der Waals surface area contributed by atoms with Crippen LogP contribution in [0.1, 0.15) is 60.3 Å². The van der Waals surface area contributed by atoms with Gasteiger partial charge in [0.1, 0.15) is 3.92 Å². The Labute approximate surface area is 142 Å². The van der Waals surface area contributed by atoms with E-state index in [1.165, 1.54) is 0 Å². The zero-order valence-corrected chi connectivity index (χ0v) is 16.1. The molecule has 0 rings (SSSR count). The van der Waals surface area contributed by atoms with Gasteiger partial charge in [-0.3, -0.25) is 9.59 Å². The molecule has 0 fully saturated rings. The minimum Gasteiger partial charge on any atom is -0.465 e. The summed E-state index contributed by atoms with van der Waals surface area (Å²) in [6.45, 7) is 10.8. The summed E-state index contributed by atoms with van der Waals surface area (Å²) in [4.78, 5) is 24.4. The van der Waals surface area contributed by atoms with Gasteiger partial charge in [0.2, 0.25) is 0 Å². The summed E-state index contributed by atoms with van der Waals surface area (Å²) in [5.41, 5.74) is -0.348. The second kappa shape index (κ2) is 10.4. The summed E-state index contributed by atoms with van der Waals surface area (Å²) in [6.07, 6.45) is 3.63. The number of carbonyl (C=O) groups is 2. The second-order valence-electron chi connectivity index (χ2n) is 6.29. The van der Waals surface area contributed by atoms with Gasteiger partial charge in [-0.05, 0) is 18.3 Å². The molecule has 0 spiro atoms. The Morgan fingerprint density at radius 1 is 0.952 bits per heavy atom. The lowest BCUT2D eigenvalue weighted by molar-refractivity contribution is -0.158. The maximum absolute atomic E-state index is 12.3. The average Bonchev–Trinajstić information content (AvgIpc) is 2.37. The molecule has 0 bridgehead atoms. The van der Waals surface area contributed by atoms with E-state index in [4.69, 9.17) is 9.47 Å². The minimum atomic E-state index is -0.520. The van der Waals surface area contributed by atoms with Gasteiger partial charge in [-0.1, -0.05) is 70.1 Å². The number of ether oxygens (including phenoxy) is 2. The van der Waals surface area contributed by atoms with Crippen LogP contribution in [-0.4, -0.2) is 29.1 Å². The Morgan fingerprint density at radius 2 is 1.38 bits per heavy atom. The topological polar surface area (TPSA) is 52.6 Å². The largest absolute Gasteiger partial charge is 0.465 e. The SMILES string of the molecule is CCCCOC(=O)C(I)C(C(=O)OCCCC)C(C)(C)C. The van der Waals surface area contributed by atoms with Crippen LogP contribution in [0.25, 0.3) is 0 Å². The first-order valence-corrected chi connectivity index (χ1v) is 8.97. The smallest absolute Gasteiger partial charge is 0.319 e. The average molecular weight is 412 g/mol. The summed E-state index contributed by atoms with van der Waals surface area (Å²) in [5.74, 6) is -1.12. The molecule has 2 unspecified atom stereocenters. The molecule has 21 heavy (non-hydrogen) atoms. The van der Waals surface area contributed by atoms with E-state index in [0.717, 1.165) is 25.7 Å². The molecule has 5 heteroatoms. The van der Waals surface area contributed by atoms with Crippen LogP contribution in [0.2, 0.25) is 0 Å². The van der Waals surface area contributed by atoms with Crippen molar-refractivity contribution in [2.75, 3.05) is 13.2 Å². The molecular formula is C16H29IO4. The van der Waals surface area contributed by atoms with E-state index >= 15 is 0 Å². The van der Waals surface area contributed by atoms with Crippen LogP contribution in [0.4, 0.5) is 0 Å². The molecule has 0 aromatic rings. The molecular weight excluding hydrogens is 383 g/mol. The van der Waals surface area contributed by atoms with E-state index < -0.39 is 9.84 Å². The molecule has 0 aliphatic rings. The molecule has 2 atom stereocenters. The predicted octanol–water partition coefficient (Wildman–Crippen LogP) is 4.14. The fourth-order valence-electron chi connectivity index (χ4n) is 1.85. The molecule has 0 amide bonds. The van der Waals surface area contributed by atoms with Gasteiger partial charge in [-0.25, -0.2) is 0 Å². The highest BCUT2D eigenvalue weighted by molar-refractivity contribution is 14.1. The van der Waals surface area contributed by atoms with Gasteiger partial charge in [0.05, 0.1) is 19.1 Å². The summed E-state index contributed by atoms with van der Waals surface area (Å²) >= 11 is 2.01. The maximum atomic E-state index is 12.3. The Balaban J connectivity index is 4.74. The number of halogens is 1. The number of esters is 2. The third kappa shape index (κ3) is 8.02. The summed E-state index contributed by atoms with van der Waals surface area (Å²) in [6, 6.07) is 0. The number of unbranched alkanes of at least 4 members (excludes halogenated alkanes) is 2. The predicted molar refractivity (Wildman–Crippen MR) is 92.5 cm³/mol. The van der Waals surface area contributed by atoms with Gasteiger partial charge >= 0.3 is 11.9 Å². The lowest BCUT2D eigenvalue weighted by atomic mass is 9.78. The van der Waals surface area contributed by atoms with E-state index in [2.05, 4.69) is 0 Å². The second-order valence-corrected chi connectivity index (χ2v) is 7.63. The number of rotatable bonds is 9. The van der Waals surface area contributed by atoms with Crippen molar-refractivity contribution < 1.29 is 19.1 Å². The van der Waals surface area contributed by atoms with Gasteiger partial charge in [0.25, 0.3) is 0 Å². The van der Waals surface area contributed by atoms with Crippen molar-refractivity contribution in [1.29, 1.82) is 0 Å². The fraction of sp³-hybridized carbons (Fsp3) is 0.875. The first-order chi connectivity index (χ1) is 9.75. The molecule has 124 valence electrons. The quantitative estimate of drug-likeness (QED) is 0.247. The van der Waals surface area contributed by atoms with Crippen molar-refractivity contribution in [2.45, 2.75) is 64.2 Å². The van der Waals surface area contributed by atoms with Crippen molar-refractivity contribution in [3.8, 4) is 0 Å². The standard InChI is InChI=1S/C16H29IO4/c1-6-8-10-20-14(18)12(16(3,4)5)13(17)15(19)21-11-9-7-2/h12-13H,6-11H2,1-5H3. The molecule has 0 N–H and O–H groups in total. The zero-order valence-electron chi connectivity index (χ0n) is 13.9. The highest BCUT2D eigenvalue weighted by Crippen LogP contribution is 2.34. The van der Waals surface area contributed by atoms with Crippen LogP contribution < -0.4 is 0 Å². The number of hydrogen-bond acceptors (Lipinski definition) is 4. The summed E-state index contributed by atoms with van der Waals surface area (Å²) in [7, 11) is 0. The van der Waals surface area contributed by atoms with Crippen LogP contribution in [0, 0.1) is 11.3 Å². The van der Waals surface area contributed by atoms with Gasteiger partial charge < -0.3 is 9.47 Å². The summed E-state index contributed by atoms with van der Waals surface area (Å²) < 4.78 is 10.0. The lowest BCUT2D eigenvalue weighted by Crippen LogP contribution is -2.41. The molecule has 0 radical (unpaired) electrons. The maximum Gasteiger partial charge on any atom is 0.319 e.